The van der Waals surface area contributed by atoms with Crippen LogP contribution in [-0.4, -0.2) is 8.42 Å². The van der Waals surface area contributed by atoms with E-state index in [4.69, 9.17) is 5.73 Å². The predicted molar refractivity (Wildman–Crippen MR) is 171 cm³/mol. The zero-order valence-corrected chi connectivity index (χ0v) is 28.2. The zero-order chi connectivity index (χ0) is 29.9. The molecule has 0 aliphatic carbocycles. The fourth-order valence-electron chi connectivity index (χ4n) is 4.53. The van der Waals surface area contributed by atoms with Crippen molar-refractivity contribution in [1.29, 1.82) is 0 Å². The number of benzene rings is 4. The van der Waals surface area contributed by atoms with Gasteiger partial charge in [-0.2, -0.15) is 0 Å². The molecule has 0 spiro atoms. The van der Waals surface area contributed by atoms with Crippen molar-refractivity contribution in [3.05, 3.63) is 154 Å². The van der Waals surface area contributed by atoms with E-state index in [2.05, 4.69) is 59.4 Å². The summed E-state index contributed by atoms with van der Waals surface area (Å²) < 4.78 is 30.8. The molecular weight excluding hydrogens is 637 g/mol. The third-order valence-corrected chi connectivity index (χ3v) is 8.14. The molecular formula is C34H41ClN2O2RuS. The molecule has 0 aliphatic heterocycles. The van der Waals surface area contributed by atoms with E-state index in [0.29, 0.717) is 22.6 Å². The summed E-state index contributed by atoms with van der Waals surface area (Å²) in [4.78, 5) is 0.235. The second-order valence-corrected chi connectivity index (χ2v) is 11.7. The molecule has 4 nitrogen and oxygen atoms in total. The summed E-state index contributed by atoms with van der Waals surface area (Å²) in [5.41, 5.74) is 15.3. The van der Waals surface area contributed by atoms with E-state index in [1.807, 2.05) is 97.0 Å². The van der Waals surface area contributed by atoms with Gasteiger partial charge in [-0.1, -0.05) is 133 Å². The van der Waals surface area contributed by atoms with Crippen LogP contribution in [0, 0.1) is 35.1 Å². The maximum atomic E-state index is 13.3. The molecule has 0 fully saturated rings. The number of hydrogen-bond acceptors (Lipinski definition) is 2. The predicted octanol–water partition coefficient (Wildman–Crippen LogP) is 10.5. The standard InChI is InChI=1S/C23H24N2O2S.C10H14.CH3.ClH.Ru/c1-16-14-17(2)23(18(3)15-16)28(26,27)25-22(20-12-8-5-9-13-20)21(24)19-10-6-4-7-11-19;1-8(2)10-6-4-9(3)5-7-10;;;/h4-15,21-22,24H,1-3H3;4-8H,1-3H3;1H3;1H;/q-2;;-1;;+4/p-1/t21-,22-;;;;/m1..../s1. The number of hydrogen-bond donors (Lipinski definition) is 0. The van der Waals surface area contributed by atoms with E-state index < -0.39 is 22.1 Å². The van der Waals surface area contributed by atoms with E-state index in [1.54, 1.807) is 13.8 Å². The summed E-state index contributed by atoms with van der Waals surface area (Å²) in [5, 5.41) is 0. The van der Waals surface area contributed by atoms with Gasteiger partial charge >= 0.3 is 27.0 Å². The first-order valence-electron chi connectivity index (χ1n) is 13.1. The van der Waals surface area contributed by atoms with Crippen LogP contribution in [0.2, 0.25) is 0 Å². The molecule has 2 atom stereocenters. The first-order chi connectivity index (χ1) is 19.0. The molecule has 0 saturated heterocycles. The minimum absolute atomic E-state index is 0. The molecule has 1 N–H and O–H groups in total. The van der Waals surface area contributed by atoms with Crippen molar-refractivity contribution in [2.45, 2.75) is 64.4 Å². The van der Waals surface area contributed by atoms with E-state index in [-0.39, 0.29) is 12.3 Å². The molecule has 4 aromatic carbocycles. The SMILES string of the molecule is Cc1cc(C)c(S(=O)(=O)[N-][C@H](c2ccccc2)[C@H]([NH-])c2ccccc2)c(C)c1.Cc1ccc(C(C)C)cc1.[CH3-].[Cl][Ru+3]. The Morgan fingerprint density at radius 2 is 1.12 bits per heavy atom. The Balaban J connectivity index is 0.000000544. The van der Waals surface area contributed by atoms with Crippen molar-refractivity contribution < 1.29 is 25.7 Å². The van der Waals surface area contributed by atoms with Gasteiger partial charge in [-0.05, 0) is 50.3 Å². The third-order valence-electron chi connectivity index (χ3n) is 6.47. The van der Waals surface area contributed by atoms with Crippen molar-refractivity contribution in [1.82, 2.24) is 0 Å². The summed E-state index contributed by atoms with van der Waals surface area (Å²) in [5.74, 6) is 0.653. The monoisotopic (exact) mass is 678 g/mol. The van der Waals surface area contributed by atoms with Crippen LogP contribution in [0.25, 0.3) is 10.5 Å². The number of nitrogens with one attached hydrogen (secondary N) is 1. The van der Waals surface area contributed by atoms with Gasteiger partial charge in [0.15, 0.2) is 0 Å². The Bertz CT molecular complexity index is 1410. The molecule has 7 heteroatoms. The number of nitrogens with zero attached hydrogens (tertiary/aromatic N) is 1. The van der Waals surface area contributed by atoms with Crippen LogP contribution in [-0.2, 0) is 27.3 Å². The van der Waals surface area contributed by atoms with Crippen LogP contribution in [0.5, 0.6) is 0 Å². The molecule has 4 rings (SSSR count). The fraction of sp³-hybridized carbons (Fsp3) is 0.265. The Morgan fingerprint density at radius 1 is 0.683 bits per heavy atom. The summed E-state index contributed by atoms with van der Waals surface area (Å²) in [7, 11) is 0.635. The van der Waals surface area contributed by atoms with Gasteiger partial charge in [-0.25, -0.2) is 8.42 Å². The molecule has 0 amide bonds. The van der Waals surface area contributed by atoms with Gasteiger partial charge < -0.3 is 17.9 Å². The van der Waals surface area contributed by atoms with E-state index in [0.717, 1.165) is 11.1 Å². The minimum atomic E-state index is -3.93. The van der Waals surface area contributed by atoms with Gasteiger partial charge in [0, 0.05) is 0 Å². The summed E-state index contributed by atoms with van der Waals surface area (Å²) in [6.45, 7) is 12.1. The molecule has 0 saturated carbocycles. The van der Waals surface area contributed by atoms with Gasteiger partial charge in [0.05, 0.1) is 4.90 Å². The first-order valence-corrected chi connectivity index (χ1v) is 16.7. The molecule has 0 heterocycles. The van der Waals surface area contributed by atoms with Crippen molar-refractivity contribution in [2.24, 2.45) is 0 Å². The number of rotatable bonds is 7. The first kappa shape index (κ1) is 36.7. The van der Waals surface area contributed by atoms with Gasteiger partial charge in [0.2, 0.25) is 0 Å². The average Bonchev–Trinajstić information content (AvgIpc) is 2.93. The van der Waals surface area contributed by atoms with Gasteiger partial charge in [-0.3, -0.25) is 0 Å². The normalized spacial score (nSPS) is 12.1. The molecule has 0 bridgehead atoms. The van der Waals surface area contributed by atoms with Gasteiger partial charge in [-0.15, -0.1) is 12.1 Å². The van der Waals surface area contributed by atoms with Gasteiger partial charge in [0.25, 0.3) is 0 Å². The quantitative estimate of drug-likeness (QED) is 0.144. The van der Waals surface area contributed by atoms with Crippen LogP contribution >= 0.6 is 9.69 Å². The van der Waals surface area contributed by atoms with Crippen molar-refractivity contribution in [2.75, 3.05) is 0 Å². The molecule has 220 valence electrons. The van der Waals surface area contributed by atoms with Crippen LogP contribution in [0.4, 0.5) is 0 Å². The summed E-state index contributed by atoms with van der Waals surface area (Å²) in [6, 6.07) is 29.2. The number of halogens is 1. The van der Waals surface area contributed by atoms with E-state index in [1.165, 1.54) is 11.1 Å². The molecule has 0 aliphatic rings. The summed E-state index contributed by atoms with van der Waals surface area (Å²) in [6.07, 6.45) is 0. The van der Waals surface area contributed by atoms with Crippen molar-refractivity contribution in [3.63, 3.8) is 0 Å². The van der Waals surface area contributed by atoms with E-state index in [9.17, 15) is 8.42 Å². The number of aryl methyl sites for hydroxylation is 4. The van der Waals surface area contributed by atoms with Gasteiger partial charge in [0.1, 0.15) is 10.0 Å². The maximum absolute atomic E-state index is 13.3. The second-order valence-electron chi connectivity index (χ2n) is 10.1. The Morgan fingerprint density at radius 3 is 1.56 bits per heavy atom. The molecule has 0 aromatic heterocycles. The zero-order valence-electron chi connectivity index (χ0n) is 24.9. The Hall–Kier alpha value is -2.34. The Labute approximate surface area is 262 Å². The van der Waals surface area contributed by atoms with Crippen LogP contribution < -0.4 is 0 Å². The fourth-order valence-corrected chi connectivity index (χ4v) is 6.11. The van der Waals surface area contributed by atoms with Crippen LogP contribution in [0.15, 0.2) is 102 Å². The van der Waals surface area contributed by atoms with Crippen molar-refractivity contribution in [3.8, 4) is 0 Å². The molecule has 0 unspecified atom stereocenters. The Kier molecular flexibility index (Phi) is 15.7. The molecule has 41 heavy (non-hydrogen) atoms. The van der Waals surface area contributed by atoms with Crippen LogP contribution in [0.3, 0.4) is 0 Å². The number of sulfonamides is 1. The molecule has 0 radical (unpaired) electrons. The topological polar surface area (TPSA) is 72.0 Å². The average molecular weight is 678 g/mol. The van der Waals surface area contributed by atoms with E-state index >= 15 is 0 Å². The second kappa shape index (κ2) is 17.6. The van der Waals surface area contributed by atoms with Crippen molar-refractivity contribution >= 4 is 19.7 Å². The van der Waals surface area contributed by atoms with Crippen LogP contribution in [0.1, 0.15) is 70.8 Å². The third kappa shape index (κ3) is 10.8. The molecule has 4 aromatic rings. The summed E-state index contributed by atoms with van der Waals surface area (Å²) >= 11 is 1.82.